The lowest BCUT2D eigenvalue weighted by atomic mass is 9.90. The minimum atomic E-state index is -0.972. The van der Waals surface area contributed by atoms with E-state index < -0.39 is 12.1 Å². The molecule has 0 saturated heterocycles. The maximum Gasteiger partial charge on any atom is 0.345 e. The topological polar surface area (TPSA) is 66.8 Å². The predicted octanol–water partition coefficient (Wildman–Crippen LogP) is 2.15. The Kier molecular flexibility index (Phi) is 4.86. The van der Waals surface area contributed by atoms with Gasteiger partial charge < -0.3 is 14.7 Å². The van der Waals surface area contributed by atoms with Gasteiger partial charge in [-0.3, -0.25) is 4.79 Å². The van der Waals surface area contributed by atoms with Crippen molar-refractivity contribution in [3.8, 4) is 5.75 Å². The normalized spacial score (nSPS) is 18.0. The van der Waals surface area contributed by atoms with Crippen molar-refractivity contribution < 1.29 is 19.4 Å². The second kappa shape index (κ2) is 6.48. The fraction of sp³-hybridized carbons (Fsp3) is 0.529. The van der Waals surface area contributed by atoms with Crippen LogP contribution in [0.2, 0.25) is 0 Å². The number of aryl methyl sites for hydroxylation is 1. The molecule has 0 bridgehead atoms. The van der Waals surface area contributed by atoms with Crippen LogP contribution in [0.25, 0.3) is 0 Å². The van der Waals surface area contributed by atoms with Crippen LogP contribution in [0.3, 0.4) is 0 Å². The fourth-order valence-corrected chi connectivity index (χ4v) is 2.85. The van der Waals surface area contributed by atoms with Gasteiger partial charge in [0.05, 0.1) is 0 Å². The van der Waals surface area contributed by atoms with Crippen LogP contribution in [0.4, 0.5) is 0 Å². The Labute approximate surface area is 130 Å². The zero-order chi connectivity index (χ0) is 16.4. The number of Topliss-reactive ketones (excluding diaryl/α,β-unsaturated/α-hetero) is 1. The van der Waals surface area contributed by atoms with Crippen LogP contribution >= 0.6 is 0 Å². The van der Waals surface area contributed by atoms with Crippen LogP contribution in [-0.2, 0) is 11.2 Å². The van der Waals surface area contributed by atoms with E-state index in [0.29, 0.717) is 24.3 Å². The molecule has 1 aromatic carbocycles. The summed E-state index contributed by atoms with van der Waals surface area (Å²) in [6.45, 7) is 4.59. The van der Waals surface area contributed by atoms with Crippen LogP contribution in [0, 0.1) is 12.8 Å². The summed E-state index contributed by atoms with van der Waals surface area (Å²) >= 11 is 0. The maximum atomic E-state index is 12.8. The monoisotopic (exact) mass is 305 g/mol. The first-order valence-corrected chi connectivity index (χ1v) is 7.55. The van der Waals surface area contributed by atoms with Crippen molar-refractivity contribution in [2.75, 3.05) is 20.6 Å². The summed E-state index contributed by atoms with van der Waals surface area (Å²) in [7, 11) is 3.91. The van der Waals surface area contributed by atoms with Crippen molar-refractivity contribution >= 4 is 11.8 Å². The third-order valence-electron chi connectivity index (χ3n) is 4.07. The van der Waals surface area contributed by atoms with Crippen LogP contribution in [0.5, 0.6) is 5.75 Å². The van der Waals surface area contributed by atoms with E-state index in [1.165, 1.54) is 0 Å². The van der Waals surface area contributed by atoms with Gasteiger partial charge in [-0.15, -0.1) is 0 Å². The second-order valence-electron chi connectivity index (χ2n) is 6.16. The van der Waals surface area contributed by atoms with Gasteiger partial charge in [-0.05, 0) is 50.7 Å². The molecular formula is C17H23NO4. The number of ether oxygens (including phenoxy) is 1. The van der Waals surface area contributed by atoms with Crippen LogP contribution in [0.1, 0.15) is 34.8 Å². The molecule has 0 fully saturated rings. The Bertz CT molecular complexity index is 595. The molecule has 1 heterocycles. The molecule has 0 radical (unpaired) electrons. The van der Waals surface area contributed by atoms with E-state index in [4.69, 9.17) is 9.84 Å². The quantitative estimate of drug-likeness (QED) is 0.816. The highest BCUT2D eigenvalue weighted by Gasteiger charge is 2.31. The van der Waals surface area contributed by atoms with Gasteiger partial charge in [0.2, 0.25) is 0 Å². The van der Waals surface area contributed by atoms with Crippen molar-refractivity contribution in [2.24, 2.45) is 5.92 Å². The maximum absolute atomic E-state index is 12.8. The molecule has 1 aliphatic rings. The van der Waals surface area contributed by atoms with Crippen LogP contribution in [0.15, 0.2) is 12.1 Å². The van der Waals surface area contributed by atoms with E-state index in [0.717, 1.165) is 17.5 Å². The zero-order valence-corrected chi connectivity index (χ0v) is 13.5. The Balaban J connectivity index is 2.28. The van der Waals surface area contributed by atoms with E-state index in [1.54, 1.807) is 6.07 Å². The van der Waals surface area contributed by atoms with Crippen molar-refractivity contribution in [3.05, 3.63) is 28.8 Å². The molecule has 22 heavy (non-hydrogen) atoms. The lowest BCUT2D eigenvalue weighted by Crippen LogP contribution is -2.28. The average molecular weight is 305 g/mol. The summed E-state index contributed by atoms with van der Waals surface area (Å²) in [5.74, 6) is -0.317. The van der Waals surface area contributed by atoms with Gasteiger partial charge in [-0.2, -0.15) is 0 Å². The molecule has 2 rings (SSSR count). The highest BCUT2D eigenvalue weighted by molar-refractivity contribution is 5.99. The molecule has 0 aromatic heterocycles. The Hall–Kier alpha value is -1.88. The molecule has 0 amide bonds. The first-order valence-electron chi connectivity index (χ1n) is 7.55. The SMILES string of the molecule is CCC(CN(C)C)C(=O)c1cc2c(cc1C)OC(C(=O)O)C2. The third-order valence-corrected chi connectivity index (χ3v) is 4.07. The minimum absolute atomic E-state index is 0.0515. The second-order valence-corrected chi connectivity index (χ2v) is 6.16. The number of ketones is 1. The molecule has 1 aliphatic heterocycles. The molecule has 2 atom stereocenters. The van der Waals surface area contributed by atoms with Gasteiger partial charge >= 0.3 is 5.97 Å². The van der Waals surface area contributed by atoms with Gasteiger partial charge in [-0.1, -0.05) is 6.92 Å². The summed E-state index contributed by atoms with van der Waals surface area (Å²) in [5.41, 5.74) is 2.33. The molecule has 0 spiro atoms. The van der Waals surface area contributed by atoms with Gasteiger partial charge in [0.1, 0.15) is 5.75 Å². The van der Waals surface area contributed by atoms with Gasteiger partial charge in [0.15, 0.2) is 11.9 Å². The zero-order valence-electron chi connectivity index (χ0n) is 13.5. The Morgan fingerprint density at radius 2 is 2.09 bits per heavy atom. The lowest BCUT2D eigenvalue weighted by Gasteiger charge is -2.19. The molecule has 2 unspecified atom stereocenters. The number of benzene rings is 1. The number of carboxylic acids is 1. The van der Waals surface area contributed by atoms with E-state index in [2.05, 4.69) is 0 Å². The number of aliphatic carboxylic acids is 1. The number of carboxylic acid groups (broad SMARTS) is 1. The molecule has 5 heteroatoms. The summed E-state index contributed by atoms with van der Waals surface area (Å²) < 4.78 is 5.42. The van der Waals surface area contributed by atoms with Gasteiger partial charge in [0.25, 0.3) is 0 Å². The minimum Gasteiger partial charge on any atom is -0.478 e. The van der Waals surface area contributed by atoms with Crippen LogP contribution < -0.4 is 4.74 Å². The molecule has 1 aromatic rings. The standard InChI is InChI=1S/C17H23NO4/c1-5-11(9-18(3)4)16(19)13-7-12-8-15(17(20)21)22-14(12)6-10(13)2/h6-7,11,15H,5,8-9H2,1-4H3,(H,20,21). The summed E-state index contributed by atoms with van der Waals surface area (Å²) in [6.07, 6.45) is 0.251. The summed E-state index contributed by atoms with van der Waals surface area (Å²) in [4.78, 5) is 25.8. The lowest BCUT2D eigenvalue weighted by molar-refractivity contribution is -0.144. The van der Waals surface area contributed by atoms with Crippen molar-refractivity contribution in [1.82, 2.24) is 4.90 Å². The number of carbonyl (C=O) groups excluding carboxylic acids is 1. The predicted molar refractivity (Wildman–Crippen MR) is 83.6 cm³/mol. The van der Waals surface area contributed by atoms with Gasteiger partial charge in [0, 0.05) is 24.4 Å². The Morgan fingerprint density at radius 1 is 1.41 bits per heavy atom. The number of rotatable bonds is 6. The molecule has 5 nitrogen and oxygen atoms in total. The number of fused-ring (bicyclic) bond motifs is 1. The van der Waals surface area contributed by atoms with Crippen molar-refractivity contribution in [2.45, 2.75) is 32.8 Å². The molecule has 0 saturated carbocycles. The fourth-order valence-electron chi connectivity index (χ4n) is 2.85. The summed E-state index contributed by atoms with van der Waals surface area (Å²) in [6, 6.07) is 3.60. The highest BCUT2D eigenvalue weighted by Crippen LogP contribution is 2.32. The molecular weight excluding hydrogens is 282 g/mol. The number of hydrogen-bond donors (Lipinski definition) is 1. The number of nitrogens with zero attached hydrogens (tertiary/aromatic N) is 1. The van der Waals surface area contributed by atoms with E-state index in [-0.39, 0.29) is 11.7 Å². The third kappa shape index (κ3) is 3.30. The van der Waals surface area contributed by atoms with Gasteiger partial charge in [-0.25, -0.2) is 4.79 Å². The first-order chi connectivity index (χ1) is 10.3. The largest absolute Gasteiger partial charge is 0.478 e. The highest BCUT2D eigenvalue weighted by atomic mass is 16.5. The van der Waals surface area contributed by atoms with Crippen molar-refractivity contribution in [1.29, 1.82) is 0 Å². The van der Waals surface area contributed by atoms with E-state index >= 15 is 0 Å². The Morgan fingerprint density at radius 3 is 2.64 bits per heavy atom. The van der Waals surface area contributed by atoms with Crippen molar-refractivity contribution in [3.63, 3.8) is 0 Å². The molecule has 1 N–H and O–H groups in total. The van der Waals surface area contributed by atoms with E-state index in [9.17, 15) is 9.59 Å². The average Bonchev–Trinajstić information content (AvgIpc) is 2.85. The smallest absolute Gasteiger partial charge is 0.345 e. The molecule has 0 aliphatic carbocycles. The number of hydrogen-bond acceptors (Lipinski definition) is 4. The summed E-state index contributed by atoms with van der Waals surface area (Å²) in [5, 5.41) is 9.06. The molecule has 120 valence electrons. The first kappa shape index (κ1) is 16.5. The van der Waals surface area contributed by atoms with Crippen LogP contribution in [-0.4, -0.2) is 48.5 Å². The number of carbonyl (C=O) groups is 2. The van der Waals surface area contributed by atoms with E-state index in [1.807, 2.05) is 38.9 Å².